The van der Waals surface area contributed by atoms with Crippen molar-refractivity contribution in [1.82, 2.24) is 0 Å². The molecule has 0 spiro atoms. The molecule has 0 aliphatic carbocycles. The van der Waals surface area contributed by atoms with Gasteiger partial charge < -0.3 is 9.47 Å². The van der Waals surface area contributed by atoms with Crippen LogP contribution in [0.25, 0.3) is 0 Å². The van der Waals surface area contributed by atoms with Crippen molar-refractivity contribution in [3.63, 3.8) is 0 Å². The fourth-order valence-electron chi connectivity index (χ4n) is 1.00. The highest BCUT2D eigenvalue weighted by molar-refractivity contribution is 8.12. The molecule has 0 saturated carbocycles. The van der Waals surface area contributed by atoms with Gasteiger partial charge in [-0.3, -0.25) is 0 Å². The van der Waals surface area contributed by atoms with Gasteiger partial charge in [0.05, 0.1) is 5.56 Å². The molecule has 0 saturated heterocycles. The average Bonchev–Trinajstić information content (AvgIpc) is 2.29. The Hall–Kier alpha value is -1.49. The maximum Gasteiger partial charge on any atom is 0.370 e. The molecule has 4 nitrogen and oxygen atoms in total. The molecule has 0 amide bonds. The van der Waals surface area contributed by atoms with Gasteiger partial charge in [0.15, 0.2) is 0 Å². The number of rotatable bonds is 3. The molecule has 1 aromatic rings. The Bertz CT molecular complexity index is 364. The number of carbonyl (C=O) groups excluding carboxylic acids is 2. The van der Waals surface area contributed by atoms with Crippen LogP contribution in [0.2, 0.25) is 0 Å². The van der Waals surface area contributed by atoms with Crippen molar-refractivity contribution in [2.75, 3.05) is 6.26 Å². The Morgan fingerprint density at radius 3 is 2.38 bits per heavy atom. The van der Waals surface area contributed by atoms with Crippen LogP contribution >= 0.6 is 11.8 Å². The molecule has 0 fully saturated rings. The SMILES string of the molecule is CSC(=O)OC(C)OC(=O)c1ccccc1. The van der Waals surface area contributed by atoms with Crippen molar-refractivity contribution in [1.29, 1.82) is 0 Å². The second-order valence-corrected chi connectivity index (χ2v) is 3.65. The zero-order valence-corrected chi connectivity index (χ0v) is 9.82. The summed E-state index contributed by atoms with van der Waals surface area (Å²) in [6.45, 7) is 1.50. The van der Waals surface area contributed by atoms with E-state index in [0.717, 1.165) is 11.8 Å². The van der Waals surface area contributed by atoms with Crippen LogP contribution in [-0.2, 0) is 9.47 Å². The van der Waals surface area contributed by atoms with E-state index in [2.05, 4.69) is 0 Å². The van der Waals surface area contributed by atoms with Gasteiger partial charge in [-0.2, -0.15) is 0 Å². The van der Waals surface area contributed by atoms with Gasteiger partial charge >= 0.3 is 11.3 Å². The minimum Gasteiger partial charge on any atom is -0.422 e. The van der Waals surface area contributed by atoms with Crippen LogP contribution < -0.4 is 0 Å². The third kappa shape index (κ3) is 3.94. The number of benzene rings is 1. The Morgan fingerprint density at radius 2 is 1.81 bits per heavy atom. The standard InChI is InChI=1S/C11H12O4S/c1-8(15-11(13)16-2)14-10(12)9-6-4-3-5-7-9/h3-8H,1-2H3. The summed E-state index contributed by atoms with van der Waals surface area (Å²) in [5.41, 5.74) is 0.426. The van der Waals surface area contributed by atoms with Gasteiger partial charge in [-0.15, -0.1) is 0 Å². The number of carbonyl (C=O) groups is 2. The van der Waals surface area contributed by atoms with Gasteiger partial charge in [-0.1, -0.05) is 18.2 Å². The molecule has 0 bridgehead atoms. The molecule has 0 aliphatic heterocycles. The smallest absolute Gasteiger partial charge is 0.370 e. The number of esters is 1. The second-order valence-electron chi connectivity index (χ2n) is 2.91. The van der Waals surface area contributed by atoms with Crippen LogP contribution in [0.3, 0.4) is 0 Å². The number of hydrogen-bond acceptors (Lipinski definition) is 5. The Balaban J connectivity index is 2.49. The minimum atomic E-state index is -0.882. The molecule has 16 heavy (non-hydrogen) atoms. The first kappa shape index (κ1) is 12.6. The lowest BCUT2D eigenvalue weighted by molar-refractivity contribution is -0.0526. The zero-order chi connectivity index (χ0) is 12.0. The molecule has 0 aliphatic rings. The molecule has 1 atom stereocenters. The van der Waals surface area contributed by atoms with Gasteiger partial charge in [0.25, 0.3) is 0 Å². The van der Waals surface area contributed by atoms with Crippen molar-refractivity contribution in [3.05, 3.63) is 35.9 Å². The van der Waals surface area contributed by atoms with E-state index in [1.165, 1.54) is 6.92 Å². The highest BCUT2D eigenvalue weighted by atomic mass is 32.2. The summed E-state index contributed by atoms with van der Waals surface area (Å²) in [4.78, 5) is 22.4. The molecule has 1 aromatic carbocycles. The topological polar surface area (TPSA) is 52.6 Å². The van der Waals surface area contributed by atoms with Gasteiger partial charge in [-0.25, -0.2) is 9.59 Å². The van der Waals surface area contributed by atoms with Crippen LogP contribution in [0.4, 0.5) is 4.79 Å². The van der Waals surface area contributed by atoms with Gasteiger partial charge in [0.1, 0.15) is 0 Å². The summed E-state index contributed by atoms with van der Waals surface area (Å²) >= 11 is 0.924. The lowest BCUT2D eigenvalue weighted by Crippen LogP contribution is -2.19. The highest BCUT2D eigenvalue weighted by Crippen LogP contribution is 2.07. The summed E-state index contributed by atoms with van der Waals surface area (Å²) in [6, 6.07) is 8.52. The van der Waals surface area contributed by atoms with Gasteiger partial charge in [0, 0.05) is 6.92 Å². The Morgan fingerprint density at radius 1 is 1.19 bits per heavy atom. The summed E-state index contributed by atoms with van der Waals surface area (Å²) in [6.07, 6.45) is 0.710. The Labute approximate surface area is 97.9 Å². The molecule has 5 heteroatoms. The van der Waals surface area contributed by atoms with E-state index < -0.39 is 17.6 Å². The fourth-order valence-corrected chi connectivity index (χ4v) is 1.23. The first-order valence-corrected chi connectivity index (χ1v) is 5.86. The Kier molecular flexibility index (Phi) is 4.85. The maximum atomic E-state index is 11.5. The van der Waals surface area contributed by atoms with Crippen LogP contribution in [-0.4, -0.2) is 23.8 Å². The van der Waals surface area contributed by atoms with E-state index in [-0.39, 0.29) is 0 Å². The highest BCUT2D eigenvalue weighted by Gasteiger charge is 2.14. The fraction of sp³-hybridized carbons (Fsp3) is 0.273. The lowest BCUT2D eigenvalue weighted by atomic mass is 10.2. The largest absolute Gasteiger partial charge is 0.422 e. The normalized spacial score (nSPS) is 11.6. The predicted molar refractivity (Wildman–Crippen MR) is 61.3 cm³/mol. The third-order valence-corrected chi connectivity index (χ3v) is 2.14. The van der Waals surface area contributed by atoms with E-state index in [4.69, 9.17) is 9.47 Å². The van der Waals surface area contributed by atoms with E-state index in [9.17, 15) is 9.59 Å². The van der Waals surface area contributed by atoms with Crippen molar-refractivity contribution in [2.24, 2.45) is 0 Å². The number of ether oxygens (including phenoxy) is 2. The molecule has 1 unspecified atom stereocenters. The van der Waals surface area contributed by atoms with Crippen molar-refractivity contribution < 1.29 is 19.1 Å². The molecule has 86 valence electrons. The summed E-state index contributed by atoms with van der Waals surface area (Å²) < 4.78 is 9.69. The molecule has 0 radical (unpaired) electrons. The molecule has 1 rings (SSSR count). The van der Waals surface area contributed by atoms with Gasteiger partial charge in [-0.05, 0) is 30.2 Å². The van der Waals surface area contributed by atoms with Crippen molar-refractivity contribution in [2.45, 2.75) is 13.2 Å². The van der Waals surface area contributed by atoms with Crippen LogP contribution in [0.5, 0.6) is 0 Å². The third-order valence-electron chi connectivity index (χ3n) is 1.71. The minimum absolute atomic E-state index is 0.426. The molecule has 0 heterocycles. The quantitative estimate of drug-likeness (QED) is 0.600. The van der Waals surface area contributed by atoms with E-state index in [1.807, 2.05) is 0 Å². The molecule has 0 aromatic heterocycles. The zero-order valence-electron chi connectivity index (χ0n) is 9.01. The average molecular weight is 240 g/mol. The molecular formula is C11H12O4S. The summed E-state index contributed by atoms with van der Waals surface area (Å²) in [7, 11) is 0. The lowest BCUT2D eigenvalue weighted by Gasteiger charge is -2.12. The van der Waals surface area contributed by atoms with Crippen LogP contribution in [0, 0.1) is 0 Å². The molecular weight excluding hydrogens is 228 g/mol. The van der Waals surface area contributed by atoms with Crippen molar-refractivity contribution in [3.8, 4) is 0 Å². The predicted octanol–water partition coefficient (Wildman–Crippen LogP) is 2.69. The number of thioether (sulfide) groups is 1. The van der Waals surface area contributed by atoms with Crippen LogP contribution in [0.15, 0.2) is 30.3 Å². The van der Waals surface area contributed by atoms with Crippen molar-refractivity contribution >= 4 is 23.0 Å². The molecule has 0 N–H and O–H groups in total. The van der Waals surface area contributed by atoms with E-state index >= 15 is 0 Å². The first-order chi connectivity index (χ1) is 7.63. The van der Waals surface area contributed by atoms with E-state index in [0.29, 0.717) is 5.56 Å². The maximum absolute atomic E-state index is 11.5. The summed E-state index contributed by atoms with van der Waals surface area (Å²) in [5, 5.41) is -0.478. The summed E-state index contributed by atoms with van der Waals surface area (Å²) in [5.74, 6) is -0.512. The monoisotopic (exact) mass is 240 g/mol. The van der Waals surface area contributed by atoms with E-state index in [1.54, 1.807) is 36.6 Å². The first-order valence-electron chi connectivity index (χ1n) is 4.64. The van der Waals surface area contributed by atoms with Crippen LogP contribution in [0.1, 0.15) is 17.3 Å². The number of hydrogen-bond donors (Lipinski definition) is 0. The van der Waals surface area contributed by atoms with Gasteiger partial charge in [0.2, 0.25) is 6.29 Å². The second kappa shape index (κ2) is 6.17.